The molecular formula is C10H21NO. The molecule has 0 aromatic heterocycles. The second-order valence-electron chi connectivity index (χ2n) is 3.90. The topological polar surface area (TPSA) is 21.3 Å². The molecule has 1 aliphatic rings. The van der Waals surface area contributed by atoms with Crippen molar-refractivity contribution in [3.8, 4) is 0 Å². The second-order valence-corrected chi connectivity index (χ2v) is 3.90. The summed E-state index contributed by atoms with van der Waals surface area (Å²) in [6, 6.07) is 0. The molecule has 0 atom stereocenters. The van der Waals surface area contributed by atoms with E-state index in [1.807, 2.05) is 0 Å². The van der Waals surface area contributed by atoms with Crippen molar-refractivity contribution in [1.82, 2.24) is 5.32 Å². The van der Waals surface area contributed by atoms with Crippen LogP contribution in [0.25, 0.3) is 0 Å². The van der Waals surface area contributed by atoms with Crippen LogP contribution in [0.2, 0.25) is 0 Å². The third kappa shape index (κ3) is 5.56. The summed E-state index contributed by atoms with van der Waals surface area (Å²) < 4.78 is 5.40. The fourth-order valence-corrected chi connectivity index (χ4v) is 1.20. The molecule has 2 nitrogen and oxygen atoms in total. The maximum Gasteiger partial charge on any atom is 0.0594 e. The zero-order valence-corrected chi connectivity index (χ0v) is 8.31. The highest BCUT2D eigenvalue weighted by Gasteiger charge is 2.19. The van der Waals surface area contributed by atoms with Crippen LogP contribution in [0.3, 0.4) is 0 Å². The summed E-state index contributed by atoms with van der Waals surface area (Å²) in [4.78, 5) is 0. The van der Waals surface area contributed by atoms with E-state index < -0.39 is 0 Å². The Labute approximate surface area is 75.7 Å². The highest BCUT2D eigenvalue weighted by molar-refractivity contribution is 4.73. The molecule has 1 fully saturated rings. The number of nitrogens with one attached hydrogen (secondary N) is 1. The average Bonchev–Trinajstić information content (AvgIpc) is 2.79. The van der Waals surface area contributed by atoms with Crippen molar-refractivity contribution in [2.45, 2.75) is 39.2 Å². The maximum absolute atomic E-state index is 5.40. The van der Waals surface area contributed by atoms with Gasteiger partial charge in [-0.05, 0) is 32.7 Å². The molecule has 1 saturated carbocycles. The molecule has 12 heavy (non-hydrogen) atoms. The van der Waals surface area contributed by atoms with Crippen molar-refractivity contribution >= 4 is 0 Å². The second kappa shape index (κ2) is 5.55. The molecule has 72 valence electrons. The van der Waals surface area contributed by atoms with Crippen LogP contribution < -0.4 is 5.32 Å². The number of rotatable bonds is 7. The maximum atomic E-state index is 5.40. The van der Waals surface area contributed by atoms with E-state index in [1.165, 1.54) is 25.8 Å². The van der Waals surface area contributed by atoms with Crippen molar-refractivity contribution < 1.29 is 4.74 Å². The van der Waals surface area contributed by atoms with Gasteiger partial charge in [0.15, 0.2) is 0 Å². The van der Waals surface area contributed by atoms with Crippen LogP contribution >= 0.6 is 0 Å². The Morgan fingerprint density at radius 2 is 2.08 bits per heavy atom. The summed E-state index contributed by atoms with van der Waals surface area (Å²) in [7, 11) is 0. The van der Waals surface area contributed by atoms with Gasteiger partial charge in [0, 0.05) is 6.54 Å². The van der Waals surface area contributed by atoms with E-state index in [2.05, 4.69) is 19.2 Å². The van der Waals surface area contributed by atoms with Crippen molar-refractivity contribution in [2.24, 2.45) is 5.92 Å². The van der Waals surface area contributed by atoms with E-state index in [0.717, 1.165) is 19.1 Å². The van der Waals surface area contributed by atoms with Crippen LogP contribution in [0, 0.1) is 5.92 Å². The Kier molecular flexibility index (Phi) is 4.62. The van der Waals surface area contributed by atoms with Gasteiger partial charge in [-0.25, -0.2) is 0 Å². The lowest BCUT2D eigenvalue weighted by atomic mass is 10.3. The van der Waals surface area contributed by atoms with Gasteiger partial charge in [0.25, 0.3) is 0 Å². The molecule has 0 radical (unpaired) electrons. The lowest BCUT2D eigenvalue weighted by Crippen LogP contribution is -2.22. The molecule has 0 spiro atoms. The van der Waals surface area contributed by atoms with Gasteiger partial charge in [0.05, 0.1) is 12.7 Å². The van der Waals surface area contributed by atoms with Crippen LogP contribution in [0.4, 0.5) is 0 Å². The lowest BCUT2D eigenvalue weighted by Gasteiger charge is -2.07. The summed E-state index contributed by atoms with van der Waals surface area (Å²) in [6.07, 6.45) is 4.66. The van der Waals surface area contributed by atoms with Crippen molar-refractivity contribution in [3.63, 3.8) is 0 Å². The molecular weight excluding hydrogens is 150 g/mol. The first-order valence-electron chi connectivity index (χ1n) is 5.11. The van der Waals surface area contributed by atoms with Gasteiger partial charge < -0.3 is 10.1 Å². The molecule has 0 bridgehead atoms. The van der Waals surface area contributed by atoms with Gasteiger partial charge >= 0.3 is 0 Å². The minimum atomic E-state index is 0.371. The van der Waals surface area contributed by atoms with E-state index in [1.54, 1.807) is 0 Å². The molecule has 1 aliphatic carbocycles. The number of hydrogen-bond donors (Lipinski definition) is 1. The molecule has 0 amide bonds. The van der Waals surface area contributed by atoms with Crippen LogP contribution in [0.1, 0.15) is 33.1 Å². The predicted octanol–water partition coefficient (Wildman–Crippen LogP) is 1.80. The SMILES string of the molecule is CC(C)OCCNCCC1CC1. The van der Waals surface area contributed by atoms with Gasteiger partial charge in [0.1, 0.15) is 0 Å². The largest absolute Gasteiger partial charge is 0.377 e. The molecule has 1 rings (SSSR count). The Morgan fingerprint density at radius 3 is 2.67 bits per heavy atom. The van der Waals surface area contributed by atoms with Crippen molar-refractivity contribution in [1.29, 1.82) is 0 Å². The summed E-state index contributed by atoms with van der Waals surface area (Å²) in [5.41, 5.74) is 0. The molecule has 0 heterocycles. The van der Waals surface area contributed by atoms with E-state index in [-0.39, 0.29) is 0 Å². The Hall–Kier alpha value is -0.0800. The van der Waals surface area contributed by atoms with Crippen LogP contribution in [-0.4, -0.2) is 25.8 Å². The standard InChI is InChI=1S/C10H21NO/c1-9(2)12-8-7-11-6-5-10-3-4-10/h9-11H,3-8H2,1-2H3. The zero-order chi connectivity index (χ0) is 8.81. The van der Waals surface area contributed by atoms with E-state index >= 15 is 0 Å². The molecule has 2 heteroatoms. The van der Waals surface area contributed by atoms with Gasteiger partial charge in [-0.15, -0.1) is 0 Å². The van der Waals surface area contributed by atoms with Gasteiger partial charge in [-0.2, -0.15) is 0 Å². The van der Waals surface area contributed by atoms with Gasteiger partial charge in [-0.1, -0.05) is 12.8 Å². The molecule has 0 aromatic rings. The lowest BCUT2D eigenvalue weighted by molar-refractivity contribution is 0.0808. The smallest absolute Gasteiger partial charge is 0.0594 e. The van der Waals surface area contributed by atoms with Crippen LogP contribution in [-0.2, 0) is 4.74 Å². The van der Waals surface area contributed by atoms with E-state index in [0.29, 0.717) is 6.10 Å². The summed E-state index contributed by atoms with van der Waals surface area (Å²) >= 11 is 0. The molecule has 0 aliphatic heterocycles. The summed E-state index contributed by atoms with van der Waals surface area (Å²) in [5, 5.41) is 3.39. The Bertz CT molecular complexity index is 104. The summed E-state index contributed by atoms with van der Waals surface area (Å²) in [5.74, 6) is 1.04. The molecule has 0 aromatic carbocycles. The Balaban J connectivity index is 1.70. The van der Waals surface area contributed by atoms with Gasteiger partial charge in [0.2, 0.25) is 0 Å². The van der Waals surface area contributed by atoms with Crippen LogP contribution in [0.5, 0.6) is 0 Å². The highest BCUT2D eigenvalue weighted by Crippen LogP contribution is 2.31. The average molecular weight is 171 g/mol. The summed E-state index contributed by atoms with van der Waals surface area (Å²) in [6.45, 7) is 7.17. The van der Waals surface area contributed by atoms with Crippen LogP contribution in [0.15, 0.2) is 0 Å². The Morgan fingerprint density at radius 1 is 1.33 bits per heavy atom. The minimum Gasteiger partial charge on any atom is -0.377 e. The first-order valence-corrected chi connectivity index (χ1v) is 5.11. The van der Waals surface area contributed by atoms with Crippen molar-refractivity contribution in [3.05, 3.63) is 0 Å². The molecule has 0 unspecified atom stereocenters. The predicted molar refractivity (Wildman–Crippen MR) is 51.3 cm³/mol. The monoisotopic (exact) mass is 171 g/mol. The number of ether oxygens (including phenoxy) is 1. The minimum absolute atomic E-state index is 0.371. The van der Waals surface area contributed by atoms with Gasteiger partial charge in [-0.3, -0.25) is 0 Å². The quantitative estimate of drug-likeness (QED) is 0.590. The zero-order valence-electron chi connectivity index (χ0n) is 8.31. The third-order valence-electron chi connectivity index (χ3n) is 2.16. The van der Waals surface area contributed by atoms with E-state index in [4.69, 9.17) is 4.74 Å². The first-order chi connectivity index (χ1) is 5.79. The normalized spacial score (nSPS) is 17.2. The number of hydrogen-bond acceptors (Lipinski definition) is 2. The van der Waals surface area contributed by atoms with Crippen molar-refractivity contribution in [2.75, 3.05) is 19.7 Å². The third-order valence-corrected chi connectivity index (χ3v) is 2.16. The molecule has 0 saturated heterocycles. The fourth-order valence-electron chi connectivity index (χ4n) is 1.20. The molecule has 1 N–H and O–H groups in total. The first kappa shape index (κ1) is 10.0. The highest BCUT2D eigenvalue weighted by atomic mass is 16.5. The van der Waals surface area contributed by atoms with E-state index in [9.17, 15) is 0 Å². The fraction of sp³-hybridized carbons (Fsp3) is 1.00.